The number of benzene rings is 1. The number of hydrogen-bond acceptors (Lipinski definition) is 5. The number of nitrogens with two attached hydrogens (primary N) is 1. The van der Waals surface area contributed by atoms with E-state index in [0.29, 0.717) is 12.2 Å². The summed E-state index contributed by atoms with van der Waals surface area (Å²) in [4.78, 5) is 11.3. The highest BCUT2D eigenvalue weighted by Crippen LogP contribution is 2.20. The maximum Gasteiger partial charge on any atom is 0.266 e. The summed E-state index contributed by atoms with van der Waals surface area (Å²) in [6, 6.07) is 6.52. The molecule has 6 nitrogen and oxygen atoms in total. The van der Waals surface area contributed by atoms with Crippen molar-refractivity contribution in [3.63, 3.8) is 0 Å². The van der Waals surface area contributed by atoms with Gasteiger partial charge in [0.2, 0.25) is 5.91 Å². The molecule has 0 aliphatic heterocycles. The zero-order valence-electron chi connectivity index (χ0n) is 14.1. The van der Waals surface area contributed by atoms with E-state index < -0.39 is 15.9 Å². The van der Waals surface area contributed by atoms with Crippen molar-refractivity contribution in [1.29, 1.82) is 0 Å². The molecule has 134 valence electrons. The van der Waals surface area contributed by atoms with E-state index in [1.807, 2.05) is 11.6 Å². The molecule has 0 fully saturated rings. The summed E-state index contributed by atoms with van der Waals surface area (Å²) in [7, 11) is -3.91. The van der Waals surface area contributed by atoms with Crippen LogP contribution in [0.3, 0.4) is 0 Å². The van der Waals surface area contributed by atoms with Gasteiger partial charge < -0.3 is 11.1 Å². The molecule has 0 radical (unpaired) electrons. The average Bonchev–Trinajstić information content (AvgIpc) is 2.57. The fourth-order valence-corrected chi connectivity index (χ4v) is 3.40. The van der Waals surface area contributed by atoms with E-state index in [1.54, 1.807) is 18.2 Å². The lowest BCUT2D eigenvalue weighted by Gasteiger charge is -2.13. The molecule has 4 N–H and O–H groups in total. The summed E-state index contributed by atoms with van der Waals surface area (Å²) < 4.78 is 26.4. The molecule has 24 heavy (non-hydrogen) atoms. The lowest BCUT2D eigenvalue weighted by Crippen LogP contribution is -2.35. The molecule has 0 spiro atoms. The Morgan fingerprint density at radius 2 is 1.88 bits per heavy atom. The molecule has 0 atom stereocenters. The van der Waals surface area contributed by atoms with Crippen LogP contribution >= 0.6 is 0 Å². The van der Waals surface area contributed by atoms with Gasteiger partial charge in [-0.05, 0) is 38.3 Å². The highest BCUT2D eigenvalue weighted by atomic mass is 32.2. The van der Waals surface area contributed by atoms with E-state index in [0.717, 1.165) is 25.7 Å². The first-order valence-electron chi connectivity index (χ1n) is 8.21. The molecular formula is C17H27N3O3S. The van der Waals surface area contributed by atoms with Crippen LogP contribution in [-0.2, 0) is 14.8 Å². The van der Waals surface area contributed by atoms with Gasteiger partial charge in [-0.1, -0.05) is 37.1 Å². The van der Waals surface area contributed by atoms with E-state index in [2.05, 4.69) is 17.5 Å². The maximum absolute atomic E-state index is 12.2. The molecule has 0 aromatic heterocycles. The number of unbranched alkanes of at least 4 members (excludes halogenated alkanes) is 4. The van der Waals surface area contributed by atoms with E-state index in [4.69, 9.17) is 5.73 Å². The Bertz CT molecular complexity index is 642. The molecule has 1 aromatic rings. The molecule has 1 aromatic carbocycles. The van der Waals surface area contributed by atoms with Crippen molar-refractivity contribution in [3.05, 3.63) is 36.4 Å². The van der Waals surface area contributed by atoms with Crippen LogP contribution in [0.15, 0.2) is 41.3 Å². The minimum atomic E-state index is -3.91. The van der Waals surface area contributed by atoms with E-state index >= 15 is 0 Å². The fourth-order valence-electron chi connectivity index (χ4n) is 2.22. The minimum absolute atomic E-state index is 0.0554. The highest BCUT2D eigenvalue weighted by molar-refractivity contribution is 7.90. The highest BCUT2D eigenvalue weighted by Gasteiger charge is 2.20. The number of sulfonamides is 1. The summed E-state index contributed by atoms with van der Waals surface area (Å²) in [5.74, 6) is -0.731. The molecule has 0 heterocycles. The predicted molar refractivity (Wildman–Crippen MR) is 97.2 cm³/mol. The van der Waals surface area contributed by atoms with E-state index in [-0.39, 0.29) is 11.4 Å². The second-order valence-electron chi connectivity index (χ2n) is 5.43. The number of para-hydroxylation sites is 1. The molecule has 1 rings (SSSR count). The van der Waals surface area contributed by atoms with Gasteiger partial charge in [-0.2, -0.15) is 0 Å². The van der Waals surface area contributed by atoms with Gasteiger partial charge >= 0.3 is 0 Å². The van der Waals surface area contributed by atoms with Crippen LogP contribution < -0.4 is 15.8 Å². The summed E-state index contributed by atoms with van der Waals surface area (Å²) >= 11 is 0. The van der Waals surface area contributed by atoms with Gasteiger partial charge in [0.25, 0.3) is 10.0 Å². The summed E-state index contributed by atoms with van der Waals surface area (Å²) in [5, 5.41) is 3.14. The van der Waals surface area contributed by atoms with Gasteiger partial charge in [-0.15, -0.1) is 0 Å². The van der Waals surface area contributed by atoms with Crippen molar-refractivity contribution < 1.29 is 13.2 Å². The average molecular weight is 353 g/mol. The van der Waals surface area contributed by atoms with Crippen molar-refractivity contribution in [1.82, 2.24) is 4.72 Å². The second-order valence-corrected chi connectivity index (χ2v) is 7.08. The van der Waals surface area contributed by atoms with Crippen molar-refractivity contribution in [2.75, 3.05) is 18.4 Å². The number of hydrogen-bond donors (Lipinski definition) is 3. The Hall–Kier alpha value is -1.86. The third kappa shape index (κ3) is 7.14. The van der Waals surface area contributed by atoms with Gasteiger partial charge in [-0.25, -0.2) is 13.1 Å². The second kappa shape index (κ2) is 10.8. The van der Waals surface area contributed by atoms with Gasteiger partial charge in [0.1, 0.15) is 4.90 Å². The number of nitrogens with one attached hydrogen (secondary N) is 2. The zero-order chi connectivity index (χ0) is 17.8. The molecule has 0 saturated carbocycles. The Balaban J connectivity index is 2.53. The molecule has 0 unspecified atom stereocenters. The molecule has 0 aliphatic rings. The monoisotopic (exact) mass is 353 g/mol. The Morgan fingerprint density at radius 3 is 2.58 bits per heavy atom. The van der Waals surface area contributed by atoms with Gasteiger partial charge in [-0.3, -0.25) is 4.79 Å². The predicted octanol–water partition coefficient (Wildman–Crippen LogP) is 2.39. The summed E-state index contributed by atoms with van der Waals surface area (Å²) in [6.45, 7) is 2.33. The summed E-state index contributed by atoms with van der Waals surface area (Å²) in [6.07, 6.45) is 9.69. The van der Waals surface area contributed by atoms with E-state index in [9.17, 15) is 13.2 Å². The first-order chi connectivity index (χ1) is 11.5. The molecule has 1 amide bonds. The molecule has 0 saturated heterocycles. The number of carbonyl (C=O) groups is 1. The lowest BCUT2D eigenvalue weighted by atomic mass is 10.1. The van der Waals surface area contributed by atoms with Crippen molar-refractivity contribution in [2.45, 2.75) is 43.9 Å². The number of rotatable bonds is 11. The number of amides is 1. The third-order valence-electron chi connectivity index (χ3n) is 3.46. The topological polar surface area (TPSA) is 101 Å². The fraction of sp³-hybridized carbons (Fsp3) is 0.471. The first kappa shape index (κ1) is 20.2. The van der Waals surface area contributed by atoms with Crippen LogP contribution in [0, 0.1) is 0 Å². The van der Waals surface area contributed by atoms with Gasteiger partial charge in [0.05, 0.1) is 12.2 Å². The standard InChI is InChI=1S/C17H27N3O3S/c1-2-3-4-5-6-7-10-13-19-15-11-8-9-12-16(15)24(22,23)20-17(21)14-18/h2-3,8-9,11-12,19H,4-7,10,13-14,18H2,1H3,(H,20,21)/b3-2-. The van der Waals surface area contributed by atoms with Gasteiger partial charge in [0.15, 0.2) is 0 Å². The molecule has 0 aliphatic carbocycles. The zero-order valence-corrected chi connectivity index (χ0v) is 14.9. The number of allylic oxidation sites excluding steroid dienone is 2. The minimum Gasteiger partial charge on any atom is -0.384 e. The van der Waals surface area contributed by atoms with Crippen LogP contribution in [0.2, 0.25) is 0 Å². The van der Waals surface area contributed by atoms with Crippen LogP contribution in [0.25, 0.3) is 0 Å². The van der Waals surface area contributed by atoms with Gasteiger partial charge in [0, 0.05) is 6.54 Å². The first-order valence-corrected chi connectivity index (χ1v) is 9.69. The van der Waals surface area contributed by atoms with Crippen molar-refractivity contribution in [2.24, 2.45) is 5.73 Å². The Kier molecular flexibility index (Phi) is 9.11. The molecule has 7 heteroatoms. The third-order valence-corrected chi connectivity index (χ3v) is 4.89. The normalized spacial score (nSPS) is 11.6. The van der Waals surface area contributed by atoms with E-state index in [1.165, 1.54) is 12.5 Å². The number of carbonyl (C=O) groups excluding carboxylic acids is 1. The van der Waals surface area contributed by atoms with Crippen LogP contribution in [0.1, 0.15) is 39.0 Å². The Labute approximate surface area is 144 Å². The maximum atomic E-state index is 12.2. The molecule has 0 bridgehead atoms. The smallest absolute Gasteiger partial charge is 0.266 e. The Morgan fingerprint density at radius 1 is 1.17 bits per heavy atom. The van der Waals surface area contributed by atoms with Crippen LogP contribution in [0.4, 0.5) is 5.69 Å². The van der Waals surface area contributed by atoms with Crippen molar-refractivity contribution in [3.8, 4) is 0 Å². The number of anilines is 1. The quantitative estimate of drug-likeness (QED) is 0.419. The SMILES string of the molecule is C/C=C\CCCCCCNc1ccccc1S(=O)(=O)NC(=O)CN. The van der Waals surface area contributed by atoms with Crippen LogP contribution in [-0.4, -0.2) is 27.4 Å². The largest absolute Gasteiger partial charge is 0.384 e. The lowest BCUT2D eigenvalue weighted by molar-refractivity contribution is -0.118. The molecular weight excluding hydrogens is 326 g/mol. The summed E-state index contributed by atoms with van der Waals surface area (Å²) in [5.41, 5.74) is 5.65. The van der Waals surface area contributed by atoms with Crippen molar-refractivity contribution >= 4 is 21.6 Å². The van der Waals surface area contributed by atoms with Crippen LogP contribution in [0.5, 0.6) is 0 Å².